The average molecular weight is 148 g/mol. The molecule has 0 aromatic heterocycles. The lowest BCUT2D eigenvalue weighted by Crippen LogP contribution is -1.99. The fraction of sp³-hybridized carbons (Fsp3) is 0.200. The number of fused-ring (bicyclic) bond motifs is 1. The standard InChI is InChI=1S/C10H9F/c11-10-6-5-8-3-1-2-4-9(8)7-10/h1-4,6H,5,7H2. The molecule has 0 N–H and O–H groups in total. The molecule has 56 valence electrons. The fourth-order valence-electron chi connectivity index (χ4n) is 1.40. The Morgan fingerprint density at radius 3 is 2.64 bits per heavy atom. The highest BCUT2D eigenvalue weighted by Gasteiger charge is 2.08. The third kappa shape index (κ3) is 1.18. The summed E-state index contributed by atoms with van der Waals surface area (Å²) in [5, 5.41) is 0. The topological polar surface area (TPSA) is 0 Å². The second-order valence-corrected chi connectivity index (χ2v) is 2.80. The highest BCUT2D eigenvalue weighted by Crippen LogP contribution is 2.20. The Balaban J connectivity index is 2.42. The van der Waals surface area contributed by atoms with Crippen molar-refractivity contribution in [1.29, 1.82) is 0 Å². The molecule has 1 aliphatic rings. The van der Waals surface area contributed by atoms with Crippen LogP contribution >= 0.6 is 0 Å². The SMILES string of the molecule is FC1=CCc2ccccc2C1. The van der Waals surface area contributed by atoms with Gasteiger partial charge in [0, 0.05) is 6.42 Å². The Labute approximate surface area is 65.4 Å². The highest BCUT2D eigenvalue weighted by molar-refractivity contribution is 5.34. The van der Waals surface area contributed by atoms with E-state index in [1.54, 1.807) is 6.08 Å². The van der Waals surface area contributed by atoms with E-state index < -0.39 is 0 Å². The van der Waals surface area contributed by atoms with Gasteiger partial charge in [-0.15, -0.1) is 0 Å². The molecule has 0 spiro atoms. The molecule has 0 radical (unpaired) electrons. The van der Waals surface area contributed by atoms with Crippen LogP contribution < -0.4 is 0 Å². The van der Waals surface area contributed by atoms with Gasteiger partial charge in [0.15, 0.2) is 0 Å². The van der Waals surface area contributed by atoms with Crippen molar-refractivity contribution in [3.63, 3.8) is 0 Å². The summed E-state index contributed by atoms with van der Waals surface area (Å²) in [6.45, 7) is 0. The minimum absolute atomic E-state index is 0.00343. The zero-order valence-electron chi connectivity index (χ0n) is 6.18. The Hall–Kier alpha value is -1.11. The van der Waals surface area contributed by atoms with Crippen LogP contribution in [0.3, 0.4) is 0 Å². The molecule has 1 aromatic carbocycles. The first-order valence-electron chi connectivity index (χ1n) is 3.77. The molecule has 0 unspecified atom stereocenters. The van der Waals surface area contributed by atoms with Crippen LogP contribution in [0.25, 0.3) is 0 Å². The van der Waals surface area contributed by atoms with E-state index in [-0.39, 0.29) is 5.83 Å². The highest BCUT2D eigenvalue weighted by atomic mass is 19.1. The van der Waals surface area contributed by atoms with Crippen LogP contribution in [0.5, 0.6) is 0 Å². The molecule has 2 rings (SSSR count). The first-order valence-corrected chi connectivity index (χ1v) is 3.77. The van der Waals surface area contributed by atoms with Gasteiger partial charge in [0.05, 0.1) is 0 Å². The molecule has 0 amide bonds. The monoisotopic (exact) mass is 148 g/mol. The predicted molar refractivity (Wildman–Crippen MR) is 43.0 cm³/mol. The number of hydrogen-bond donors (Lipinski definition) is 0. The van der Waals surface area contributed by atoms with E-state index in [2.05, 4.69) is 6.07 Å². The van der Waals surface area contributed by atoms with Crippen LogP contribution in [-0.4, -0.2) is 0 Å². The fourth-order valence-corrected chi connectivity index (χ4v) is 1.40. The minimum atomic E-state index is 0.00343. The molecule has 0 saturated carbocycles. The minimum Gasteiger partial charge on any atom is -0.212 e. The third-order valence-electron chi connectivity index (χ3n) is 2.02. The van der Waals surface area contributed by atoms with Crippen molar-refractivity contribution in [3.05, 3.63) is 47.3 Å². The summed E-state index contributed by atoms with van der Waals surface area (Å²) in [7, 11) is 0. The largest absolute Gasteiger partial charge is 0.212 e. The Bertz CT molecular complexity index is 299. The van der Waals surface area contributed by atoms with Crippen molar-refractivity contribution >= 4 is 0 Å². The van der Waals surface area contributed by atoms with Gasteiger partial charge in [-0.3, -0.25) is 0 Å². The Morgan fingerprint density at radius 1 is 1.09 bits per heavy atom. The molecule has 0 saturated heterocycles. The van der Waals surface area contributed by atoms with Gasteiger partial charge < -0.3 is 0 Å². The molecule has 11 heavy (non-hydrogen) atoms. The normalized spacial score (nSPS) is 15.5. The van der Waals surface area contributed by atoms with Gasteiger partial charge in [-0.05, 0) is 23.6 Å². The zero-order chi connectivity index (χ0) is 7.68. The molecule has 0 fully saturated rings. The van der Waals surface area contributed by atoms with Crippen molar-refractivity contribution in [3.8, 4) is 0 Å². The van der Waals surface area contributed by atoms with Crippen molar-refractivity contribution < 1.29 is 4.39 Å². The Morgan fingerprint density at radius 2 is 1.82 bits per heavy atom. The molecule has 0 atom stereocenters. The third-order valence-corrected chi connectivity index (χ3v) is 2.02. The first-order chi connectivity index (χ1) is 5.36. The molecule has 1 aromatic rings. The van der Waals surface area contributed by atoms with Gasteiger partial charge in [-0.25, -0.2) is 4.39 Å². The number of halogens is 1. The molecule has 0 heterocycles. The molecular weight excluding hydrogens is 139 g/mol. The van der Waals surface area contributed by atoms with Crippen LogP contribution in [0.4, 0.5) is 4.39 Å². The van der Waals surface area contributed by atoms with Crippen LogP contribution in [-0.2, 0) is 12.8 Å². The predicted octanol–water partition coefficient (Wildman–Crippen LogP) is 2.64. The van der Waals surface area contributed by atoms with E-state index in [0.717, 1.165) is 12.0 Å². The van der Waals surface area contributed by atoms with E-state index in [1.165, 1.54) is 5.56 Å². The summed E-state index contributed by atoms with van der Waals surface area (Å²) in [6, 6.07) is 7.99. The summed E-state index contributed by atoms with van der Waals surface area (Å²) < 4.78 is 12.7. The van der Waals surface area contributed by atoms with E-state index >= 15 is 0 Å². The van der Waals surface area contributed by atoms with Crippen molar-refractivity contribution in [2.45, 2.75) is 12.8 Å². The van der Waals surface area contributed by atoms with Gasteiger partial charge in [-0.1, -0.05) is 24.3 Å². The molecular formula is C10H9F. The van der Waals surface area contributed by atoms with Crippen molar-refractivity contribution in [2.24, 2.45) is 0 Å². The van der Waals surface area contributed by atoms with Gasteiger partial charge >= 0.3 is 0 Å². The lowest BCUT2D eigenvalue weighted by molar-refractivity contribution is 0.599. The van der Waals surface area contributed by atoms with Gasteiger partial charge in [-0.2, -0.15) is 0 Å². The van der Waals surface area contributed by atoms with Crippen molar-refractivity contribution in [1.82, 2.24) is 0 Å². The van der Waals surface area contributed by atoms with E-state index in [1.807, 2.05) is 18.2 Å². The van der Waals surface area contributed by atoms with Gasteiger partial charge in [0.1, 0.15) is 5.83 Å². The maximum atomic E-state index is 12.7. The summed E-state index contributed by atoms with van der Waals surface area (Å²) in [6.07, 6.45) is 2.89. The lowest BCUT2D eigenvalue weighted by Gasteiger charge is -2.10. The first kappa shape index (κ1) is 6.59. The summed E-state index contributed by atoms with van der Waals surface area (Å²) >= 11 is 0. The number of benzene rings is 1. The second kappa shape index (κ2) is 2.50. The summed E-state index contributed by atoms with van der Waals surface area (Å²) in [5.41, 5.74) is 2.39. The Kier molecular flexibility index (Phi) is 1.50. The summed E-state index contributed by atoms with van der Waals surface area (Å²) in [4.78, 5) is 0. The summed E-state index contributed by atoms with van der Waals surface area (Å²) in [5.74, 6) is 0.00343. The second-order valence-electron chi connectivity index (χ2n) is 2.80. The maximum Gasteiger partial charge on any atom is 0.101 e. The van der Waals surface area contributed by atoms with E-state index in [4.69, 9.17) is 0 Å². The molecule has 0 bridgehead atoms. The molecule has 1 heteroatoms. The number of rotatable bonds is 0. The number of allylic oxidation sites excluding steroid dienone is 2. The van der Waals surface area contributed by atoms with Gasteiger partial charge in [0.25, 0.3) is 0 Å². The van der Waals surface area contributed by atoms with Crippen molar-refractivity contribution in [2.75, 3.05) is 0 Å². The van der Waals surface area contributed by atoms with E-state index in [9.17, 15) is 4.39 Å². The molecule has 0 aliphatic heterocycles. The smallest absolute Gasteiger partial charge is 0.101 e. The number of hydrogen-bond acceptors (Lipinski definition) is 0. The van der Waals surface area contributed by atoms with Crippen LogP contribution in [0.2, 0.25) is 0 Å². The zero-order valence-corrected chi connectivity index (χ0v) is 6.18. The average Bonchev–Trinajstić information content (AvgIpc) is 2.04. The van der Waals surface area contributed by atoms with Crippen LogP contribution in [0, 0.1) is 0 Å². The van der Waals surface area contributed by atoms with E-state index in [0.29, 0.717) is 6.42 Å². The van der Waals surface area contributed by atoms with Gasteiger partial charge in [0.2, 0.25) is 0 Å². The lowest BCUT2D eigenvalue weighted by atomic mass is 9.96. The quantitative estimate of drug-likeness (QED) is 0.530. The van der Waals surface area contributed by atoms with Crippen LogP contribution in [0.15, 0.2) is 36.2 Å². The van der Waals surface area contributed by atoms with Crippen LogP contribution in [0.1, 0.15) is 11.1 Å². The molecule has 0 nitrogen and oxygen atoms in total. The molecule has 1 aliphatic carbocycles. The maximum absolute atomic E-state index is 12.7.